The molecule has 2 heterocycles. The summed E-state index contributed by atoms with van der Waals surface area (Å²) in [6.07, 6.45) is 4.04. The molecular weight excluding hydrogens is 411 g/mol. The first-order valence-corrected chi connectivity index (χ1v) is 9.69. The van der Waals surface area contributed by atoms with Crippen LogP contribution < -0.4 is 5.32 Å². The van der Waals surface area contributed by atoms with Gasteiger partial charge in [-0.2, -0.15) is 4.31 Å². The van der Waals surface area contributed by atoms with Gasteiger partial charge in [-0.3, -0.25) is 0 Å². The van der Waals surface area contributed by atoms with Crippen molar-refractivity contribution in [1.82, 2.24) is 9.62 Å². The highest BCUT2D eigenvalue weighted by atomic mass is 79.9. The summed E-state index contributed by atoms with van der Waals surface area (Å²) in [7, 11) is -1.90. The van der Waals surface area contributed by atoms with Crippen LogP contribution in [-0.2, 0) is 10.0 Å². The molecule has 0 aromatic heterocycles. The van der Waals surface area contributed by atoms with Crippen molar-refractivity contribution >= 4 is 50.0 Å². The van der Waals surface area contributed by atoms with Gasteiger partial charge in [-0.1, -0.05) is 17.7 Å². The normalized spacial score (nSPS) is 27.7. The maximum absolute atomic E-state index is 12.8. The van der Waals surface area contributed by atoms with Gasteiger partial charge in [0.25, 0.3) is 0 Å². The second-order valence-corrected chi connectivity index (χ2v) is 9.03. The zero-order valence-electron chi connectivity index (χ0n) is 12.1. The average molecular weight is 430 g/mol. The lowest BCUT2D eigenvalue weighted by Crippen LogP contribution is -2.48. The number of nitrogens with zero attached hydrogens (tertiary/aromatic N) is 1. The van der Waals surface area contributed by atoms with Crippen molar-refractivity contribution in [3.8, 4) is 0 Å². The number of nitrogens with one attached hydrogen (secondary N) is 1. The van der Waals surface area contributed by atoms with E-state index in [2.05, 4.69) is 21.2 Å². The number of hydrogen-bond donors (Lipinski definition) is 1. The first kappa shape index (κ1) is 18.5. The van der Waals surface area contributed by atoms with E-state index in [-0.39, 0.29) is 28.4 Å². The van der Waals surface area contributed by atoms with E-state index in [1.165, 1.54) is 4.31 Å². The van der Waals surface area contributed by atoms with E-state index < -0.39 is 10.0 Å². The van der Waals surface area contributed by atoms with E-state index >= 15 is 0 Å². The van der Waals surface area contributed by atoms with Crippen molar-refractivity contribution in [3.63, 3.8) is 0 Å². The van der Waals surface area contributed by atoms with Gasteiger partial charge >= 0.3 is 0 Å². The summed E-state index contributed by atoms with van der Waals surface area (Å²) in [6, 6.07) is 5.95. The molecule has 0 amide bonds. The second-order valence-electron chi connectivity index (χ2n) is 5.84. The SMILES string of the molecule is CN(C1CC2CCC(C1)N2)S(=O)(=O)c1cccc(Br)c1Cl.Cl. The Labute approximate surface area is 151 Å². The quantitative estimate of drug-likeness (QED) is 0.800. The number of piperidine rings is 1. The van der Waals surface area contributed by atoms with Crippen LogP contribution in [0, 0.1) is 0 Å². The van der Waals surface area contributed by atoms with Gasteiger partial charge in [-0.25, -0.2) is 8.42 Å². The molecule has 2 aliphatic rings. The van der Waals surface area contributed by atoms with Gasteiger partial charge in [0.1, 0.15) is 4.90 Å². The van der Waals surface area contributed by atoms with Crippen molar-refractivity contribution in [2.75, 3.05) is 7.05 Å². The third-order valence-electron chi connectivity index (χ3n) is 4.54. The van der Waals surface area contributed by atoms with Crippen molar-refractivity contribution in [2.24, 2.45) is 0 Å². The fraction of sp³-hybridized carbons (Fsp3) is 0.571. The van der Waals surface area contributed by atoms with Gasteiger partial charge in [-0.15, -0.1) is 12.4 Å². The number of benzene rings is 1. The zero-order chi connectivity index (χ0) is 15.2. The summed E-state index contributed by atoms with van der Waals surface area (Å²) < 4.78 is 27.8. The van der Waals surface area contributed by atoms with Gasteiger partial charge in [0, 0.05) is 29.6 Å². The molecule has 8 heteroatoms. The van der Waals surface area contributed by atoms with Crippen LogP contribution in [0.5, 0.6) is 0 Å². The lowest BCUT2D eigenvalue weighted by atomic mass is 10.0. The molecule has 1 aromatic carbocycles. The summed E-state index contributed by atoms with van der Waals surface area (Å²) in [5, 5.41) is 3.78. The predicted octanol–water partition coefficient (Wildman–Crippen LogP) is 3.43. The summed E-state index contributed by atoms with van der Waals surface area (Å²) in [6.45, 7) is 0. The Balaban J connectivity index is 0.00000176. The second kappa shape index (κ2) is 6.95. The number of rotatable bonds is 3. The lowest BCUT2D eigenvalue weighted by Gasteiger charge is -2.35. The first-order valence-electron chi connectivity index (χ1n) is 7.07. The molecule has 124 valence electrons. The van der Waals surface area contributed by atoms with Crippen LogP contribution >= 0.6 is 39.9 Å². The minimum absolute atomic E-state index is 0. The number of hydrogen-bond acceptors (Lipinski definition) is 3. The minimum atomic E-state index is -3.57. The highest BCUT2D eigenvalue weighted by Crippen LogP contribution is 2.35. The molecule has 2 fully saturated rings. The Morgan fingerprint density at radius 3 is 2.45 bits per heavy atom. The first-order chi connectivity index (χ1) is 9.89. The monoisotopic (exact) mass is 428 g/mol. The van der Waals surface area contributed by atoms with Crippen molar-refractivity contribution in [1.29, 1.82) is 0 Å². The molecule has 0 spiro atoms. The zero-order valence-corrected chi connectivity index (χ0v) is 16.1. The number of sulfonamides is 1. The summed E-state index contributed by atoms with van der Waals surface area (Å²) in [5.74, 6) is 0. The number of fused-ring (bicyclic) bond motifs is 2. The fourth-order valence-electron chi connectivity index (χ4n) is 3.36. The third-order valence-corrected chi connectivity index (χ3v) is 7.90. The Morgan fingerprint density at radius 1 is 1.27 bits per heavy atom. The standard InChI is InChI=1S/C14H18BrClN2O2S.ClH/c1-18(11-7-9-5-6-10(8-11)17-9)21(19,20)13-4-2-3-12(15)14(13)16;/h2-4,9-11,17H,5-8H2,1H3;1H. The predicted molar refractivity (Wildman–Crippen MR) is 94.3 cm³/mol. The van der Waals surface area contributed by atoms with Crippen molar-refractivity contribution in [2.45, 2.75) is 48.7 Å². The van der Waals surface area contributed by atoms with Gasteiger partial charge < -0.3 is 5.32 Å². The van der Waals surface area contributed by atoms with E-state index in [1.807, 2.05) is 0 Å². The van der Waals surface area contributed by atoms with Gasteiger partial charge in [0.15, 0.2) is 0 Å². The smallest absolute Gasteiger partial charge is 0.244 e. The maximum Gasteiger partial charge on any atom is 0.244 e. The molecule has 0 radical (unpaired) electrons. The molecular formula is C14H19BrCl2N2O2S. The fourth-order valence-corrected chi connectivity index (χ4v) is 5.74. The molecule has 4 nitrogen and oxygen atoms in total. The highest BCUT2D eigenvalue weighted by Gasteiger charge is 2.39. The summed E-state index contributed by atoms with van der Waals surface area (Å²) in [5.41, 5.74) is 0. The topological polar surface area (TPSA) is 49.4 Å². The Hall–Kier alpha value is 0.150. The van der Waals surface area contributed by atoms with Gasteiger partial charge in [0.2, 0.25) is 10.0 Å². The molecule has 2 aliphatic heterocycles. The van der Waals surface area contributed by atoms with E-state index in [4.69, 9.17) is 11.6 Å². The van der Waals surface area contributed by atoms with E-state index in [0.29, 0.717) is 16.6 Å². The molecule has 22 heavy (non-hydrogen) atoms. The van der Waals surface area contributed by atoms with Crippen molar-refractivity contribution < 1.29 is 8.42 Å². The number of halogens is 3. The summed E-state index contributed by atoms with van der Waals surface area (Å²) >= 11 is 9.45. The van der Waals surface area contributed by atoms with E-state index in [0.717, 1.165) is 25.7 Å². The average Bonchev–Trinajstić information content (AvgIpc) is 2.79. The van der Waals surface area contributed by atoms with Crippen LogP contribution in [0.3, 0.4) is 0 Å². The molecule has 0 saturated carbocycles. The van der Waals surface area contributed by atoms with Gasteiger partial charge in [-0.05, 0) is 53.7 Å². The maximum atomic E-state index is 12.8. The van der Waals surface area contributed by atoms with E-state index in [1.54, 1.807) is 25.2 Å². The van der Waals surface area contributed by atoms with Crippen LogP contribution in [0.1, 0.15) is 25.7 Å². The Kier molecular flexibility index (Phi) is 5.84. The lowest BCUT2D eigenvalue weighted by molar-refractivity contribution is 0.251. The Morgan fingerprint density at radius 2 is 1.86 bits per heavy atom. The molecule has 2 unspecified atom stereocenters. The minimum Gasteiger partial charge on any atom is -0.311 e. The molecule has 3 rings (SSSR count). The van der Waals surface area contributed by atoms with Crippen LogP contribution in [-0.4, -0.2) is 37.9 Å². The highest BCUT2D eigenvalue weighted by molar-refractivity contribution is 9.10. The Bertz CT molecular complexity index is 644. The largest absolute Gasteiger partial charge is 0.311 e. The summed E-state index contributed by atoms with van der Waals surface area (Å²) in [4.78, 5) is 0.173. The van der Waals surface area contributed by atoms with Crippen LogP contribution in [0.25, 0.3) is 0 Å². The van der Waals surface area contributed by atoms with Crippen LogP contribution in [0.4, 0.5) is 0 Å². The molecule has 1 aromatic rings. The molecule has 2 saturated heterocycles. The molecule has 1 N–H and O–H groups in total. The molecule has 2 bridgehead atoms. The molecule has 2 atom stereocenters. The van der Waals surface area contributed by atoms with Crippen LogP contribution in [0.2, 0.25) is 5.02 Å². The van der Waals surface area contributed by atoms with Gasteiger partial charge in [0.05, 0.1) is 5.02 Å². The molecule has 0 aliphatic carbocycles. The van der Waals surface area contributed by atoms with Crippen molar-refractivity contribution in [3.05, 3.63) is 27.7 Å². The third kappa shape index (κ3) is 3.32. The van der Waals surface area contributed by atoms with Crippen LogP contribution in [0.15, 0.2) is 27.6 Å². The van der Waals surface area contributed by atoms with E-state index in [9.17, 15) is 8.42 Å².